The molecule has 0 saturated carbocycles. The third-order valence-electron chi connectivity index (χ3n) is 1.95. The van der Waals surface area contributed by atoms with Gasteiger partial charge in [0.05, 0.1) is 12.7 Å². The van der Waals surface area contributed by atoms with Crippen molar-refractivity contribution in [2.45, 2.75) is 6.18 Å². The summed E-state index contributed by atoms with van der Waals surface area (Å²) in [5.74, 6) is -1.92. The molecule has 0 amide bonds. The van der Waals surface area contributed by atoms with Gasteiger partial charge in [0, 0.05) is 11.6 Å². The van der Waals surface area contributed by atoms with Gasteiger partial charge in [0.2, 0.25) is 0 Å². The summed E-state index contributed by atoms with van der Waals surface area (Å²) in [4.78, 5) is 10.7. The summed E-state index contributed by atoms with van der Waals surface area (Å²) in [5.41, 5.74) is -1.83. The van der Waals surface area contributed by atoms with E-state index in [-0.39, 0.29) is 0 Å². The van der Waals surface area contributed by atoms with Crippen molar-refractivity contribution in [2.24, 2.45) is 0 Å². The molecule has 0 N–H and O–H groups in total. The van der Waals surface area contributed by atoms with E-state index in [0.717, 1.165) is 37.5 Å². The number of hydrogen-bond acceptors (Lipinski definition) is 2. The van der Waals surface area contributed by atoms with E-state index >= 15 is 0 Å². The van der Waals surface area contributed by atoms with Crippen molar-refractivity contribution in [2.75, 3.05) is 7.11 Å². The fourth-order valence-electron chi connectivity index (χ4n) is 1.17. The Morgan fingerprint density at radius 2 is 2.00 bits per heavy atom. The van der Waals surface area contributed by atoms with Gasteiger partial charge in [-0.15, -0.1) is 0 Å². The molecule has 92 valence electrons. The Bertz CT molecular complexity index is 449. The van der Waals surface area contributed by atoms with Crippen molar-refractivity contribution in [3.05, 3.63) is 41.2 Å². The Balaban J connectivity index is 3.22. The first-order valence-corrected chi connectivity index (χ1v) is 4.48. The minimum atomic E-state index is -4.68. The van der Waals surface area contributed by atoms with Crippen molar-refractivity contribution in [3.63, 3.8) is 0 Å². The first-order valence-electron chi connectivity index (χ1n) is 4.48. The van der Waals surface area contributed by atoms with E-state index in [0.29, 0.717) is 0 Å². The highest BCUT2D eigenvalue weighted by molar-refractivity contribution is 5.87. The minimum Gasteiger partial charge on any atom is -0.466 e. The zero-order valence-corrected chi connectivity index (χ0v) is 8.72. The fourth-order valence-corrected chi connectivity index (χ4v) is 1.17. The minimum absolute atomic E-state index is 0.689. The van der Waals surface area contributed by atoms with Crippen LogP contribution in [-0.2, 0) is 15.7 Å². The first-order chi connectivity index (χ1) is 7.86. The molecule has 0 atom stereocenters. The number of rotatable bonds is 2. The number of hydrogen-bond donors (Lipinski definition) is 0. The number of esters is 1. The molecule has 1 rings (SSSR count). The maximum Gasteiger partial charge on any atom is 0.417 e. The molecule has 0 aliphatic heterocycles. The van der Waals surface area contributed by atoms with Crippen LogP contribution < -0.4 is 0 Å². The summed E-state index contributed by atoms with van der Waals surface area (Å²) in [6, 6.07) is 2.57. The zero-order chi connectivity index (χ0) is 13.1. The standard InChI is InChI=1S/C11H8F4O2/c1-17-10(16)6-5-7-8(11(13,14)15)3-2-4-9(7)12/h2-6H,1H3. The number of methoxy groups -OCH3 is 1. The van der Waals surface area contributed by atoms with Crippen molar-refractivity contribution < 1.29 is 27.1 Å². The number of ether oxygens (including phenoxy) is 1. The molecule has 1 aromatic rings. The molecule has 0 spiro atoms. The second-order valence-corrected chi connectivity index (χ2v) is 3.06. The number of benzene rings is 1. The van der Waals surface area contributed by atoms with E-state index in [1.54, 1.807) is 0 Å². The van der Waals surface area contributed by atoms with Crippen molar-refractivity contribution in [1.29, 1.82) is 0 Å². The number of halogens is 4. The highest BCUT2D eigenvalue weighted by atomic mass is 19.4. The van der Waals surface area contributed by atoms with Crippen molar-refractivity contribution in [3.8, 4) is 0 Å². The first kappa shape index (κ1) is 13.2. The average Bonchev–Trinajstić information content (AvgIpc) is 2.25. The summed E-state index contributed by atoms with van der Waals surface area (Å²) in [6.45, 7) is 0. The third-order valence-corrected chi connectivity index (χ3v) is 1.95. The van der Waals surface area contributed by atoms with Crippen LogP contribution in [-0.4, -0.2) is 13.1 Å². The molecular weight excluding hydrogens is 240 g/mol. The summed E-state index contributed by atoms with van der Waals surface area (Å²) >= 11 is 0. The van der Waals surface area contributed by atoms with Crippen LogP contribution in [0.15, 0.2) is 24.3 Å². The lowest BCUT2D eigenvalue weighted by atomic mass is 10.1. The molecule has 1 aromatic carbocycles. The van der Waals surface area contributed by atoms with E-state index in [1.165, 1.54) is 0 Å². The SMILES string of the molecule is COC(=O)C=Cc1c(F)cccc1C(F)(F)F. The summed E-state index contributed by atoms with van der Waals surface area (Å²) < 4.78 is 55.0. The molecule has 0 radical (unpaired) electrons. The Kier molecular flexibility index (Phi) is 3.88. The number of alkyl halides is 3. The van der Waals surface area contributed by atoms with Gasteiger partial charge in [-0.3, -0.25) is 0 Å². The smallest absolute Gasteiger partial charge is 0.417 e. The van der Waals surface area contributed by atoms with Gasteiger partial charge in [0.25, 0.3) is 0 Å². The molecule has 0 aliphatic rings. The molecule has 17 heavy (non-hydrogen) atoms. The van der Waals surface area contributed by atoms with Gasteiger partial charge in [-0.2, -0.15) is 13.2 Å². The fraction of sp³-hybridized carbons (Fsp3) is 0.182. The van der Waals surface area contributed by atoms with Crippen LogP contribution in [0.2, 0.25) is 0 Å². The van der Waals surface area contributed by atoms with E-state index in [9.17, 15) is 22.4 Å². The van der Waals surface area contributed by atoms with Gasteiger partial charge < -0.3 is 4.74 Å². The lowest BCUT2D eigenvalue weighted by molar-refractivity contribution is -0.138. The molecule has 0 unspecified atom stereocenters. The van der Waals surface area contributed by atoms with E-state index < -0.39 is 29.1 Å². The maximum atomic E-state index is 13.2. The Hall–Kier alpha value is -1.85. The average molecular weight is 248 g/mol. The van der Waals surface area contributed by atoms with E-state index in [2.05, 4.69) is 4.74 Å². The Labute approximate surface area is 94.5 Å². The second kappa shape index (κ2) is 4.99. The third kappa shape index (κ3) is 3.30. The predicted octanol–water partition coefficient (Wildman–Crippen LogP) is 3.03. The highest BCUT2D eigenvalue weighted by Gasteiger charge is 2.33. The second-order valence-electron chi connectivity index (χ2n) is 3.06. The molecule has 0 fully saturated rings. The van der Waals surface area contributed by atoms with E-state index in [4.69, 9.17) is 0 Å². The van der Waals surface area contributed by atoms with Crippen LogP contribution in [0.1, 0.15) is 11.1 Å². The number of carbonyl (C=O) groups excluding carboxylic acids is 1. The summed E-state index contributed by atoms with van der Waals surface area (Å²) in [6.07, 6.45) is -3.21. The molecular formula is C11H8F4O2. The molecule has 6 heteroatoms. The quantitative estimate of drug-likeness (QED) is 0.457. The van der Waals surface area contributed by atoms with Gasteiger partial charge >= 0.3 is 12.1 Å². The largest absolute Gasteiger partial charge is 0.466 e. The van der Waals surface area contributed by atoms with Crippen molar-refractivity contribution >= 4 is 12.0 Å². The Morgan fingerprint density at radius 1 is 1.35 bits per heavy atom. The van der Waals surface area contributed by atoms with Crippen LogP contribution in [0.5, 0.6) is 0 Å². The number of carbonyl (C=O) groups is 1. The van der Waals surface area contributed by atoms with Gasteiger partial charge in [-0.05, 0) is 18.2 Å². The Morgan fingerprint density at radius 3 is 2.53 bits per heavy atom. The van der Waals surface area contributed by atoms with E-state index in [1.807, 2.05) is 0 Å². The van der Waals surface area contributed by atoms with Crippen LogP contribution in [0.3, 0.4) is 0 Å². The molecule has 0 bridgehead atoms. The lowest BCUT2D eigenvalue weighted by Crippen LogP contribution is -2.08. The van der Waals surface area contributed by atoms with Gasteiger partial charge in [0.15, 0.2) is 0 Å². The zero-order valence-electron chi connectivity index (χ0n) is 8.72. The molecule has 2 nitrogen and oxygen atoms in total. The van der Waals surface area contributed by atoms with Gasteiger partial charge in [0.1, 0.15) is 5.82 Å². The monoisotopic (exact) mass is 248 g/mol. The van der Waals surface area contributed by atoms with Crippen LogP contribution in [0, 0.1) is 5.82 Å². The normalized spacial score (nSPS) is 11.8. The molecule has 0 heterocycles. The topological polar surface area (TPSA) is 26.3 Å². The summed E-state index contributed by atoms with van der Waals surface area (Å²) in [7, 11) is 1.07. The summed E-state index contributed by atoms with van der Waals surface area (Å²) in [5, 5.41) is 0. The molecule has 0 aliphatic carbocycles. The van der Waals surface area contributed by atoms with Gasteiger partial charge in [-0.1, -0.05) is 6.07 Å². The van der Waals surface area contributed by atoms with Crippen LogP contribution in [0.4, 0.5) is 17.6 Å². The van der Waals surface area contributed by atoms with Crippen LogP contribution in [0.25, 0.3) is 6.08 Å². The highest BCUT2D eigenvalue weighted by Crippen LogP contribution is 2.33. The molecule has 0 aromatic heterocycles. The van der Waals surface area contributed by atoms with Crippen molar-refractivity contribution in [1.82, 2.24) is 0 Å². The van der Waals surface area contributed by atoms with Crippen LogP contribution >= 0.6 is 0 Å². The maximum absolute atomic E-state index is 13.2. The van der Waals surface area contributed by atoms with Gasteiger partial charge in [-0.25, -0.2) is 9.18 Å². The molecule has 0 saturated heterocycles. The lowest BCUT2D eigenvalue weighted by Gasteiger charge is -2.10. The predicted molar refractivity (Wildman–Crippen MR) is 52.5 cm³/mol.